The van der Waals surface area contributed by atoms with Crippen molar-refractivity contribution in [2.24, 2.45) is 5.10 Å². The summed E-state index contributed by atoms with van der Waals surface area (Å²) in [7, 11) is 0. The maximum absolute atomic E-state index is 12.6. The van der Waals surface area contributed by atoms with Crippen LogP contribution in [0, 0.1) is 0 Å². The van der Waals surface area contributed by atoms with Gasteiger partial charge in [0.2, 0.25) is 5.91 Å². The first-order valence-electron chi connectivity index (χ1n) is 9.82. The molecule has 0 radical (unpaired) electrons. The molecule has 6 heteroatoms. The SMILES string of the molecule is O=C(C=Cc1ccccc1)Nc1cc2c3c(c(-c4ccccc4)[nH]c3c1)C=NNC2=O. The summed E-state index contributed by atoms with van der Waals surface area (Å²) in [6, 6.07) is 22.9. The molecule has 4 aromatic rings. The summed E-state index contributed by atoms with van der Waals surface area (Å²) in [5, 5.41) is 7.68. The lowest BCUT2D eigenvalue weighted by Gasteiger charge is -2.07. The molecule has 1 aliphatic heterocycles. The summed E-state index contributed by atoms with van der Waals surface area (Å²) in [5.41, 5.74) is 7.86. The van der Waals surface area contributed by atoms with Crippen molar-refractivity contribution in [3.63, 3.8) is 0 Å². The van der Waals surface area contributed by atoms with E-state index in [1.807, 2.05) is 66.7 Å². The molecule has 0 bridgehead atoms. The average molecular weight is 406 g/mol. The number of nitrogens with one attached hydrogen (secondary N) is 3. The Morgan fingerprint density at radius 1 is 0.968 bits per heavy atom. The van der Waals surface area contributed by atoms with E-state index in [1.54, 1.807) is 18.4 Å². The number of rotatable bonds is 4. The number of aromatic amines is 1. The van der Waals surface area contributed by atoms with Crippen LogP contribution in [-0.2, 0) is 4.79 Å². The van der Waals surface area contributed by atoms with Gasteiger partial charge in [0.1, 0.15) is 0 Å². The van der Waals surface area contributed by atoms with Crippen LogP contribution in [0.5, 0.6) is 0 Å². The molecule has 0 fully saturated rings. The largest absolute Gasteiger partial charge is 0.354 e. The lowest BCUT2D eigenvalue weighted by Crippen LogP contribution is -2.17. The van der Waals surface area contributed by atoms with Gasteiger partial charge in [0.05, 0.1) is 17.5 Å². The quantitative estimate of drug-likeness (QED) is 0.434. The first-order chi connectivity index (χ1) is 15.2. The third-order valence-electron chi connectivity index (χ3n) is 5.10. The predicted molar refractivity (Wildman–Crippen MR) is 123 cm³/mol. The second-order valence-corrected chi connectivity index (χ2v) is 7.16. The molecule has 5 rings (SSSR count). The number of hydrogen-bond donors (Lipinski definition) is 3. The molecule has 0 spiro atoms. The average Bonchev–Trinajstić information content (AvgIpc) is 3.08. The molecular formula is C25H18N4O2. The van der Waals surface area contributed by atoms with Gasteiger partial charge in [-0.1, -0.05) is 60.7 Å². The maximum atomic E-state index is 12.6. The van der Waals surface area contributed by atoms with Crippen LogP contribution in [0.4, 0.5) is 5.69 Å². The van der Waals surface area contributed by atoms with Crippen LogP contribution in [-0.4, -0.2) is 23.0 Å². The van der Waals surface area contributed by atoms with E-state index in [0.717, 1.165) is 33.3 Å². The minimum absolute atomic E-state index is 0.282. The highest BCUT2D eigenvalue weighted by Gasteiger charge is 2.22. The van der Waals surface area contributed by atoms with Crippen molar-refractivity contribution < 1.29 is 9.59 Å². The fourth-order valence-corrected chi connectivity index (χ4v) is 3.71. The number of anilines is 1. The molecule has 0 unspecified atom stereocenters. The van der Waals surface area contributed by atoms with Crippen molar-refractivity contribution in [2.45, 2.75) is 0 Å². The normalized spacial score (nSPS) is 12.7. The van der Waals surface area contributed by atoms with Crippen molar-refractivity contribution in [1.29, 1.82) is 0 Å². The minimum atomic E-state index is -0.325. The highest BCUT2D eigenvalue weighted by molar-refractivity contribution is 6.18. The van der Waals surface area contributed by atoms with E-state index in [4.69, 9.17) is 0 Å². The lowest BCUT2D eigenvalue weighted by molar-refractivity contribution is -0.111. The summed E-state index contributed by atoms with van der Waals surface area (Å²) < 4.78 is 0. The molecule has 3 N–H and O–H groups in total. The van der Waals surface area contributed by atoms with Crippen LogP contribution >= 0.6 is 0 Å². The lowest BCUT2D eigenvalue weighted by atomic mass is 10.0. The van der Waals surface area contributed by atoms with Crippen molar-refractivity contribution in [1.82, 2.24) is 10.4 Å². The van der Waals surface area contributed by atoms with Crippen LogP contribution in [0.2, 0.25) is 0 Å². The fraction of sp³-hybridized carbons (Fsp3) is 0. The summed E-state index contributed by atoms with van der Waals surface area (Å²) in [6.45, 7) is 0. The topological polar surface area (TPSA) is 86.3 Å². The number of hydrazone groups is 1. The summed E-state index contributed by atoms with van der Waals surface area (Å²) >= 11 is 0. The number of benzene rings is 3. The van der Waals surface area contributed by atoms with Gasteiger partial charge in [0, 0.05) is 28.2 Å². The van der Waals surface area contributed by atoms with Crippen molar-refractivity contribution >= 4 is 40.7 Å². The maximum Gasteiger partial charge on any atom is 0.272 e. The number of aromatic nitrogens is 1. The van der Waals surface area contributed by atoms with Crippen LogP contribution in [0.1, 0.15) is 21.5 Å². The van der Waals surface area contributed by atoms with Crippen LogP contribution < -0.4 is 10.7 Å². The fourth-order valence-electron chi connectivity index (χ4n) is 3.71. The molecule has 0 aliphatic carbocycles. The Morgan fingerprint density at radius 2 is 1.71 bits per heavy atom. The van der Waals surface area contributed by atoms with Gasteiger partial charge in [0.15, 0.2) is 0 Å². The van der Waals surface area contributed by atoms with E-state index in [1.165, 1.54) is 6.08 Å². The number of nitrogens with zero attached hydrogens (tertiary/aromatic N) is 1. The third kappa shape index (κ3) is 3.62. The van der Waals surface area contributed by atoms with E-state index >= 15 is 0 Å². The molecule has 31 heavy (non-hydrogen) atoms. The predicted octanol–water partition coefficient (Wildman–Crippen LogP) is 4.56. The summed E-state index contributed by atoms with van der Waals surface area (Å²) in [6.07, 6.45) is 4.86. The number of hydrogen-bond acceptors (Lipinski definition) is 3. The Kier molecular flexibility index (Phi) is 4.65. The molecule has 3 aromatic carbocycles. The van der Waals surface area contributed by atoms with Gasteiger partial charge < -0.3 is 10.3 Å². The van der Waals surface area contributed by atoms with Gasteiger partial charge in [0.25, 0.3) is 5.91 Å². The standard InChI is InChI=1S/C25H18N4O2/c30-22(12-11-16-7-3-1-4-8-16)27-18-13-19-23-20(15-26-29-25(19)31)24(28-21(23)14-18)17-9-5-2-6-10-17/h1-15,28H,(H,27,30)(H,29,31). The summed E-state index contributed by atoms with van der Waals surface area (Å²) in [5.74, 6) is -0.606. The Hall–Kier alpha value is -4.45. The van der Waals surface area contributed by atoms with E-state index in [9.17, 15) is 9.59 Å². The van der Waals surface area contributed by atoms with Crippen LogP contribution in [0.15, 0.2) is 84.0 Å². The van der Waals surface area contributed by atoms with Crippen LogP contribution in [0.25, 0.3) is 28.2 Å². The van der Waals surface area contributed by atoms with E-state index in [-0.39, 0.29) is 11.8 Å². The number of H-pyrrole nitrogens is 1. The first-order valence-corrected chi connectivity index (χ1v) is 9.82. The molecule has 2 amide bonds. The second-order valence-electron chi connectivity index (χ2n) is 7.16. The second kappa shape index (κ2) is 7.76. The third-order valence-corrected chi connectivity index (χ3v) is 5.10. The Labute approximate surface area is 178 Å². The van der Waals surface area contributed by atoms with Gasteiger partial charge in [-0.25, -0.2) is 5.43 Å². The first kappa shape index (κ1) is 18.6. The van der Waals surface area contributed by atoms with Gasteiger partial charge >= 0.3 is 0 Å². The zero-order valence-corrected chi connectivity index (χ0v) is 16.4. The molecule has 150 valence electrons. The van der Waals surface area contributed by atoms with E-state index in [2.05, 4.69) is 20.8 Å². The van der Waals surface area contributed by atoms with Gasteiger partial charge in [-0.05, 0) is 29.3 Å². The van der Waals surface area contributed by atoms with Crippen LogP contribution in [0.3, 0.4) is 0 Å². The van der Waals surface area contributed by atoms with Gasteiger partial charge in [-0.2, -0.15) is 5.10 Å². The number of carbonyl (C=O) groups excluding carboxylic acids is 2. The smallest absolute Gasteiger partial charge is 0.272 e. The van der Waals surface area contributed by atoms with Crippen molar-refractivity contribution in [3.05, 3.63) is 95.6 Å². The minimum Gasteiger partial charge on any atom is -0.354 e. The van der Waals surface area contributed by atoms with Crippen molar-refractivity contribution in [3.8, 4) is 11.3 Å². The summed E-state index contributed by atoms with van der Waals surface area (Å²) in [4.78, 5) is 28.5. The number of carbonyl (C=O) groups is 2. The number of amides is 2. The van der Waals surface area contributed by atoms with E-state index < -0.39 is 0 Å². The monoisotopic (exact) mass is 406 g/mol. The molecule has 0 atom stereocenters. The highest BCUT2D eigenvalue weighted by Crippen LogP contribution is 2.34. The van der Waals surface area contributed by atoms with Gasteiger partial charge in [-0.3, -0.25) is 9.59 Å². The molecular weight excluding hydrogens is 388 g/mol. The molecule has 6 nitrogen and oxygen atoms in total. The zero-order valence-electron chi connectivity index (χ0n) is 16.4. The molecule has 1 aliphatic rings. The highest BCUT2D eigenvalue weighted by atomic mass is 16.2. The Bertz CT molecular complexity index is 1350. The van der Waals surface area contributed by atoms with E-state index in [0.29, 0.717) is 11.3 Å². The molecule has 2 heterocycles. The van der Waals surface area contributed by atoms with Gasteiger partial charge in [-0.15, -0.1) is 0 Å². The Morgan fingerprint density at radius 3 is 2.48 bits per heavy atom. The Balaban J connectivity index is 1.54. The molecule has 1 aromatic heterocycles. The molecule has 0 saturated heterocycles. The molecule has 0 saturated carbocycles. The zero-order chi connectivity index (χ0) is 21.2. The van der Waals surface area contributed by atoms with Crippen molar-refractivity contribution in [2.75, 3.05) is 5.32 Å².